The normalized spacial score (nSPS) is 32.5. The molecular formula is C17H16ClNO5. The lowest BCUT2D eigenvalue weighted by atomic mass is 9.80. The summed E-state index contributed by atoms with van der Waals surface area (Å²) in [4.78, 5) is 36.2. The zero-order chi connectivity index (χ0) is 16.8. The minimum atomic E-state index is -0.487. The summed E-state index contributed by atoms with van der Waals surface area (Å²) in [7, 11) is 0. The number of halogens is 1. The van der Waals surface area contributed by atoms with Crippen molar-refractivity contribution >= 4 is 35.1 Å². The fourth-order valence-corrected chi connectivity index (χ4v) is 4.49. The monoisotopic (exact) mass is 349 g/mol. The number of amides is 1. The van der Waals surface area contributed by atoms with Gasteiger partial charge in [-0.1, -0.05) is 23.7 Å². The molecule has 0 spiro atoms. The molecule has 0 aromatic heterocycles. The Morgan fingerprint density at radius 1 is 1.29 bits per heavy atom. The van der Waals surface area contributed by atoms with E-state index in [4.69, 9.17) is 21.1 Å². The second-order valence-corrected chi connectivity index (χ2v) is 6.97. The van der Waals surface area contributed by atoms with Crippen LogP contribution in [-0.4, -0.2) is 30.6 Å². The standard InChI is InChI=1S/C17H16ClNO5/c18-10-3-1-2-4-11(10)19-13(20)7-23-16(21)14-8-5-9-12(6-8)24-17(22)15(9)14/h1-4,8-9,12,14-15H,5-7H2,(H,19,20)/t8-,9+,12-,14-,15-/m1/s1. The number of carbonyl (C=O) groups excluding carboxylic acids is 3. The summed E-state index contributed by atoms with van der Waals surface area (Å²) in [6.45, 7) is -0.400. The maximum Gasteiger partial charge on any atom is 0.310 e. The number of benzene rings is 1. The highest BCUT2D eigenvalue weighted by molar-refractivity contribution is 6.33. The molecule has 3 aliphatic rings. The van der Waals surface area contributed by atoms with E-state index in [9.17, 15) is 14.4 Å². The third-order valence-electron chi connectivity index (χ3n) is 5.25. The van der Waals surface area contributed by atoms with Crippen LogP contribution in [0.5, 0.6) is 0 Å². The molecule has 0 unspecified atom stereocenters. The molecule has 1 saturated heterocycles. The van der Waals surface area contributed by atoms with Crippen molar-refractivity contribution in [1.29, 1.82) is 0 Å². The molecule has 6 nitrogen and oxygen atoms in total. The van der Waals surface area contributed by atoms with Crippen LogP contribution in [0.2, 0.25) is 5.02 Å². The minimum Gasteiger partial charge on any atom is -0.462 e. The van der Waals surface area contributed by atoms with Crippen molar-refractivity contribution in [2.24, 2.45) is 23.7 Å². The van der Waals surface area contributed by atoms with Gasteiger partial charge in [-0.05, 0) is 30.9 Å². The van der Waals surface area contributed by atoms with E-state index in [1.807, 2.05) is 0 Å². The van der Waals surface area contributed by atoms with E-state index in [1.54, 1.807) is 24.3 Å². The van der Waals surface area contributed by atoms with Crippen LogP contribution in [0.4, 0.5) is 5.69 Å². The zero-order valence-electron chi connectivity index (χ0n) is 12.7. The lowest BCUT2D eigenvalue weighted by Crippen LogP contribution is -2.34. The van der Waals surface area contributed by atoms with Gasteiger partial charge in [0.1, 0.15) is 6.10 Å². The maximum atomic E-state index is 12.4. The molecule has 24 heavy (non-hydrogen) atoms. The van der Waals surface area contributed by atoms with Gasteiger partial charge in [-0.25, -0.2) is 0 Å². The molecule has 2 saturated carbocycles. The molecule has 1 aliphatic heterocycles. The van der Waals surface area contributed by atoms with Gasteiger partial charge in [0.25, 0.3) is 5.91 Å². The number of para-hydroxylation sites is 1. The molecule has 3 fully saturated rings. The van der Waals surface area contributed by atoms with Crippen molar-refractivity contribution in [2.75, 3.05) is 11.9 Å². The molecule has 2 bridgehead atoms. The first kappa shape index (κ1) is 15.4. The molecule has 1 heterocycles. The van der Waals surface area contributed by atoms with Crippen molar-refractivity contribution < 1.29 is 23.9 Å². The number of fused-ring (bicyclic) bond motifs is 1. The first-order chi connectivity index (χ1) is 11.5. The molecular weight excluding hydrogens is 334 g/mol. The quantitative estimate of drug-likeness (QED) is 0.841. The van der Waals surface area contributed by atoms with Gasteiger partial charge in [-0.15, -0.1) is 0 Å². The van der Waals surface area contributed by atoms with E-state index >= 15 is 0 Å². The minimum absolute atomic E-state index is 0.0277. The van der Waals surface area contributed by atoms with Crippen LogP contribution < -0.4 is 5.32 Å². The van der Waals surface area contributed by atoms with Gasteiger partial charge in [0.15, 0.2) is 6.61 Å². The highest BCUT2D eigenvalue weighted by Crippen LogP contribution is 2.57. The number of hydrogen-bond acceptors (Lipinski definition) is 5. The number of ether oxygens (including phenoxy) is 2. The van der Waals surface area contributed by atoms with Crippen molar-refractivity contribution in [3.05, 3.63) is 29.3 Å². The number of nitrogens with one attached hydrogen (secondary N) is 1. The summed E-state index contributed by atoms with van der Waals surface area (Å²) in [5.41, 5.74) is 0.461. The van der Waals surface area contributed by atoms with Gasteiger partial charge in [0.05, 0.1) is 22.5 Å². The van der Waals surface area contributed by atoms with Gasteiger partial charge < -0.3 is 14.8 Å². The number of carbonyl (C=O) groups is 3. The van der Waals surface area contributed by atoms with E-state index in [1.165, 1.54) is 0 Å². The molecule has 4 rings (SSSR count). The van der Waals surface area contributed by atoms with Crippen LogP contribution >= 0.6 is 11.6 Å². The molecule has 7 heteroatoms. The fourth-order valence-electron chi connectivity index (χ4n) is 4.31. The van der Waals surface area contributed by atoms with Crippen LogP contribution in [0.15, 0.2) is 24.3 Å². The van der Waals surface area contributed by atoms with E-state index in [0.29, 0.717) is 10.7 Å². The van der Waals surface area contributed by atoms with Crippen molar-refractivity contribution in [3.63, 3.8) is 0 Å². The van der Waals surface area contributed by atoms with Gasteiger partial charge in [-0.3, -0.25) is 14.4 Å². The Morgan fingerprint density at radius 2 is 2.08 bits per heavy atom. The number of rotatable bonds is 4. The fraction of sp³-hybridized carbons (Fsp3) is 0.471. The summed E-state index contributed by atoms with van der Waals surface area (Å²) in [5.74, 6) is -1.87. The molecule has 1 amide bonds. The van der Waals surface area contributed by atoms with Crippen LogP contribution in [0.25, 0.3) is 0 Å². The molecule has 1 aromatic rings. The average Bonchev–Trinajstić information content (AvgIpc) is 3.16. The number of anilines is 1. The molecule has 2 aliphatic carbocycles. The average molecular weight is 350 g/mol. The summed E-state index contributed by atoms with van der Waals surface area (Å²) in [6.07, 6.45) is 1.52. The Bertz CT molecular complexity index is 719. The van der Waals surface area contributed by atoms with E-state index in [-0.39, 0.29) is 23.9 Å². The Labute approximate surface area is 143 Å². The summed E-state index contributed by atoms with van der Waals surface area (Å²) < 4.78 is 10.4. The second-order valence-electron chi connectivity index (χ2n) is 6.56. The van der Waals surface area contributed by atoms with E-state index < -0.39 is 30.3 Å². The lowest BCUT2D eigenvalue weighted by molar-refractivity contribution is -0.157. The Hall–Kier alpha value is -2.08. The SMILES string of the molecule is O=C(COC(=O)[C@@H]1[C@@H]2C[C@@H]3[C@H]1C(=O)O[C@@H]3C2)Nc1ccccc1Cl. The zero-order valence-corrected chi connectivity index (χ0v) is 13.5. The van der Waals surface area contributed by atoms with E-state index in [0.717, 1.165) is 12.8 Å². The Kier molecular flexibility index (Phi) is 3.72. The van der Waals surface area contributed by atoms with Gasteiger partial charge >= 0.3 is 11.9 Å². The largest absolute Gasteiger partial charge is 0.462 e. The molecule has 0 radical (unpaired) electrons. The van der Waals surface area contributed by atoms with Crippen LogP contribution in [0.3, 0.4) is 0 Å². The lowest BCUT2D eigenvalue weighted by Gasteiger charge is -2.22. The van der Waals surface area contributed by atoms with Crippen LogP contribution in [0.1, 0.15) is 12.8 Å². The predicted molar refractivity (Wildman–Crippen MR) is 84.1 cm³/mol. The smallest absolute Gasteiger partial charge is 0.310 e. The molecule has 1 aromatic carbocycles. The topological polar surface area (TPSA) is 81.7 Å². The van der Waals surface area contributed by atoms with Crippen molar-refractivity contribution in [2.45, 2.75) is 18.9 Å². The Morgan fingerprint density at radius 3 is 2.88 bits per heavy atom. The maximum absolute atomic E-state index is 12.4. The first-order valence-corrected chi connectivity index (χ1v) is 8.34. The van der Waals surface area contributed by atoms with Crippen LogP contribution in [-0.2, 0) is 23.9 Å². The first-order valence-electron chi connectivity index (χ1n) is 7.96. The van der Waals surface area contributed by atoms with Crippen LogP contribution in [0, 0.1) is 23.7 Å². The van der Waals surface area contributed by atoms with Gasteiger partial charge in [0.2, 0.25) is 0 Å². The summed E-state index contributed by atoms with van der Waals surface area (Å²) >= 11 is 5.96. The van der Waals surface area contributed by atoms with Gasteiger partial charge in [-0.2, -0.15) is 0 Å². The van der Waals surface area contributed by atoms with E-state index in [2.05, 4.69) is 5.32 Å². The number of hydrogen-bond donors (Lipinski definition) is 1. The van der Waals surface area contributed by atoms with Gasteiger partial charge in [0, 0.05) is 5.92 Å². The second kappa shape index (κ2) is 5.77. The third kappa shape index (κ3) is 2.45. The number of esters is 2. The highest BCUT2D eigenvalue weighted by Gasteiger charge is 2.64. The molecule has 1 N–H and O–H groups in total. The van der Waals surface area contributed by atoms with Crippen molar-refractivity contribution in [3.8, 4) is 0 Å². The highest BCUT2D eigenvalue weighted by atomic mass is 35.5. The third-order valence-corrected chi connectivity index (χ3v) is 5.58. The molecule has 5 atom stereocenters. The van der Waals surface area contributed by atoms with Crippen molar-refractivity contribution in [1.82, 2.24) is 0 Å². The molecule has 126 valence electrons. The predicted octanol–water partition coefficient (Wildman–Crippen LogP) is 2.02. The Balaban J connectivity index is 1.35. The summed E-state index contributed by atoms with van der Waals surface area (Å²) in [5, 5.41) is 3.00. The summed E-state index contributed by atoms with van der Waals surface area (Å²) in [6, 6.07) is 6.80.